The number of ether oxygens (including phenoxy) is 3. The summed E-state index contributed by atoms with van der Waals surface area (Å²) in [5.41, 5.74) is -0.719. The molecule has 5 aliphatic carbocycles. The molecule has 0 radical (unpaired) electrons. The van der Waals surface area contributed by atoms with Gasteiger partial charge in [0.2, 0.25) is 5.91 Å². The summed E-state index contributed by atoms with van der Waals surface area (Å²) in [4.78, 5) is 27.8. The molecule has 3 N–H and O–H groups in total. The third-order valence-corrected chi connectivity index (χ3v) is 12.7. The molecule has 1 aromatic rings. The van der Waals surface area contributed by atoms with Crippen LogP contribution in [-0.4, -0.2) is 90.9 Å². The highest BCUT2D eigenvalue weighted by molar-refractivity contribution is 6.00. The van der Waals surface area contributed by atoms with Gasteiger partial charge in [-0.3, -0.25) is 9.69 Å². The Hall–Kier alpha value is -2.04. The average molecular weight is 569 g/mol. The smallest absolute Gasteiger partial charge is 0.340 e. The van der Waals surface area contributed by atoms with Gasteiger partial charge in [-0.25, -0.2) is 4.79 Å². The van der Waals surface area contributed by atoms with Crippen molar-refractivity contribution in [3.05, 3.63) is 29.8 Å². The Morgan fingerprint density at radius 2 is 1.93 bits per heavy atom. The first-order chi connectivity index (χ1) is 19.7. The molecule has 7 bridgehead atoms. The minimum Gasteiger partial charge on any atom is -0.461 e. The molecule has 1 saturated heterocycles. The molecule has 6 fully saturated rings. The third kappa shape index (κ3) is 3.47. The van der Waals surface area contributed by atoms with Crippen LogP contribution in [0, 0.1) is 40.4 Å². The van der Waals surface area contributed by atoms with E-state index in [0.717, 1.165) is 38.8 Å². The number of rotatable bonds is 7. The van der Waals surface area contributed by atoms with Gasteiger partial charge in [0.1, 0.15) is 0 Å². The first-order valence-corrected chi connectivity index (χ1v) is 15.4. The zero-order valence-corrected chi connectivity index (χ0v) is 24.5. The first kappa shape index (κ1) is 27.8. The number of piperidine rings is 1. The van der Waals surface area contributed by atoms with Crippen molar-refractivity contribution < 1.29 is 34.0 Å². The summed E-state index contributed by atoms with van der Waals surface area (Å²) in [7, 11) is 3.53. The molecular weight excluding hydrogens is 524 g/mol. The van der Waals surface area contributed by atoms with Gasteiger partial charge in [-0.2, -0.15) is 0 Å². The van der Waals surface area contributed by atoms with Crippen molar-refractivity contribution in [2.75, 3.05) is 39.2 Å². The van der Waals surface area contributed by atoms with Crippen LogP contribution in [0.2, 0.25) is 0 Å². The Bertz CT molecular complexity index is 1240. The highest BCUT2D eigenvalue weighted by Gasteiger charge is 2.83. The summed E-state index contributed by atoms with van der Waals surface area (Å²) in [5.74, 6) is -0.552. The Balaban J connectivity index is 1.28. The maximum Gasteiger partial charge on any atom is 0.340 e. The van der Waals surface area contributed by atoms with E-state index >= 15 is 0 Å². The number of esters is 1. The van der Waals surface area contributed by atoms with E-state index in [1.807, 2.05) is 7.11 Å². The van der Waals surface area contributed by atoms with Crippen molar-refractivity contribution in [3.63, 3.8) is 0 Å². The van der Waals surface area contributed by atoms with E-state index in [9.17, 15) is 19.8 Å². The molecule has 12 atom stereocenters. The molecule has 1 aliphatic heterocycles. The number of hydrogen-bond donors (Lipinski definition) is 3. The lowest BCUT2D eigenvalue weighted by atomic mass is 9.43. The number of benzene rings is 1. The number of methoxy groups -OCH3 is 2. The molecule has 224 valence electrons. The monoisotopic (exact) mass is 568 g/mol. The van der Waals surface area contributed by atoms with Crippen LogP contribution in [0.5, 0.6) is 0 Å². The van der Waals surface area contributed by atoms with E-state index < -0.39 is 17.7 Å². The molecule has 41 heavy (non-hydrogen) atoms. The Labute approximate surface area is 241 Å². The van der Waals surface area contributed by atoms with Gasteiger partial charge in [0.05, 0.1) is 41.8 Å². The van der Waals surface area contributed by atoms with Crippen LogP contribution in [0.15, 0.2) is 24.3 Å². The van der Waals surface area contributed by atoms with Crippen molar-refractivity contribution in [2.24, 2.45) is 40.4 Å². The number of aliphatic hydroxyl groups is 2. The summed E-state index contributed by atoms with van der Waals surface area (Å²) in [5, 5.41) is 27.0. The quantitative estimate of drug-likeness (QED) is 0.430. The van der Waals surface area contributed by atoms with Crippen LogP contribution in [0.1, 0.15) is 56.3 Å². The summed E-state index contributed by atoms with van der Waals surface area (Å²) in [6, 6.07) is 7.12. The maximum absolute atomic E-state index is 13.5. The van der Waals surface area contributed by atoms with Crippen LogP contribution in [-0.2, 0) is 19.0 Å². The SMILES string of the molecule is CCN1CC2(COC(=O)c3ccccc3NC(C)=O)CCC(OC)C34C5CC6C(OC)CC(O)(C(CC23)C14)C5C6O. The molecule has 6 aliphatic rings. The van der Waals surface area contributed by atoms with Gasteiger partial charge in [0.25, 0.3) is 0 Å². The van der Waals surface area contributed by atoms with Crippen LogP contribution >= 0.6 is 0 Å². The van der Waals surface area contributed by atoms with Crippen molar-refractivity contribution in [1.82, 2.24) is 4.90 Å². The lowest BCUT2D eigenvalue weighted by molar-refractivity contribution is -0.275. The Kier molecular flexibility index (Phi) is 6.42. The normalized spacial score (nSPS) is 47.2. The van der Waals surface area contributed by atoms with Gasteiger partial charge in [-0.05, 0) is 56.2 Å². The molecule has 5 saturated carbocycles. The lowest BCUT2D eigenvalue weighted by Gasteiger charge is -2.69. The standard InChI is InChI=1S/C32H44N2O7/c1-5-34-15-30(16-41-29(37)18-8-6-7-9-22(18)33-17(2)35)11-10-25(40-4)32-20-12-19-23(39-3)14-31(38,26(20)27(19)36)21(28(32)34)13-24(30)32/h6-9,19-21,23-28,36,38H,5,10-16H2,1-4H3,(H,33,35). The molecule has 7 rings (SSSR count). The first-order valence-electron chi connectivity index (χ1n) is 15.4. The Morgan fingerprint density at radius 3 is 2.63 bits per heavy atom. The summed E-state index contributed by atoms with van der Waals surface area (Å²) < 4.78 is 18.5. The van der Waals surface area contributed by atoms with E-state index in [2.05, 4.69) is 17.1 Å². The molecule has 1 heterocycles. The Morgan fingerprint density at radius 1 is 1.15 bits per heavy atom. The van der Waals surface area contributed by atoms with Crippen LogP contribution in [0.25, 0.3) is 0 Å². The highest BCUT2D eigenvalue weighted by atomic mass is 16.5. The molecule has 1 spiro atoms. The van der Waals surface area contributed by atoms with Gasteiger partial charge < -0.3 is 29.7 Å². The molecule has 12 unspecified atom stereocenters. The minimum atomic E-state index is -0.999. The summed E-state index contributed by atoms with van der Waals surface area (Å²) in [6.45, 7) is 5.53. The summed E-state index contributed by atoms with van der Waals surface area (Å²) >= 11 is 0. The van der Waals surface area contributed by atoms with Crippen molar-refractivity contribution in [3.8, 4) is 0 Å². The predicted octanol–water partition coefficient (Wildman–Crippen LogP) is 2.70. The minimum absolute atomic E-state index is 0.00568. The third-order valence-electron chi connectivity index (χ3n) is 12.7. The molecule has 9 nitrogen and oxygen atoms in total. The number of fused-ring (bicyclic) bond motifs is 2. The second-order valence-electron chi connectivity index (χ2n) is 13.8. The fourth-order valence-corrected chi connectivity index (χ4v) is 11.6. The van der Waals surface area contributed by atoms with Gasteiger partial charge in [0.15, 0.2) is 0 Å². The number of para-hydroxylation sites is 1. The number of amides is 1. The number of nitrogens with zero attached hydrogens (tertiary/aromatic N) is 1. The fraction of sp³-hybridized carbons (Fsp3) is 0.750. The summed E-state index contributed by atoms with van der Waals surface area (Å²) in [6.07, 6.45) is 3.23. The number of nitrogens with one attached hydrogen (secondary N) is 1. The lowest BCUT2D eigenvalue weighted by Crippen LogP contribution is -2.76. The molecule has 1 aromatic carbocycles. The zero-order chi connectivity index (χ0) is 28.9. The molecule has 9 heteroatoms. The number of carbonyl (C=O) groups is 2. The van der Waals surface area contributed by atoms with Gasteiger partial charge in [-0.1, -0.05) is 19.1 Å². The topological polar surface area (TPSA) is 118 Å². The number of aliphatic hydroxyl groups excluding tert-OH is 1. The van der Waals surface area contributed by atoms with Crippen LogP contribution < -0.4 is 5.32 Å². The number of anilines is 1. The number of likely N-dealkylation sites (tertiary alicyclic amines) is 1. The van der Waals surface area contributed by atoms with E-state index in [-0.39, 0.29) is 71.2 Å². The van der Waals surface area contributed by atoms with Gasteiger partial charge in [0, 0.05) is 68.7 Å². The fourth-order valence-electron chi connectivity index (χ4n) is 11.6. The predicted molar refractivity (Wildman–Crippen MR) is 150 cm³/mol. The van der Waals surface area contributed by atoms with E-state index in [1.54, 1.807) is 31.4 Å². The average Bonchev–Trinajstić information content (AvgIpc) is 3.38. The highest BCUT2D eigenvalue weighted by Crippen LogP contribution is 2.79. The van der Waals surface area contributed by atoms with E-state index in [4.69, 9.17) is 14.2 Å². The second-order valence-corrected chi connectivity index (χ2v) is 13.8. The number of carbonyl (C=O) groups excluding carboxylic acids is 2. The van der Waals surface area contributed by atoms with Gasteiger partial charge in [-0.15, -0.1) is 0 Å². The maximum atomic E-state index is 13.5. The van der Waals surface area contributed by atoms with E-state index in [0.29, 0.717) is 17.7 Å². The molecule has 1 amide bonds. The van der Waals surface area contributed by atoms with Crippen LogP contribution in [0.4, 0.5) is 5.69 Å². The van der Waals surface area contributed by atoms with Crippen LogP contribution in [0.3, 0.4) is 0 Å². The zero-order valence-electron chi connectivity index (χ0n) is 24.5. The second kappa shape index (κ2) is 9.48. The van der Waals surface area contributed by atoms with Crippen molar-refractivity contribution in [2.45, 2.75) is 75.9 Å². The van der Waals surface area contributed by atoms with Gasteiger partial charge >= 0.3 is 5.97 Å². The van der Waals surface area contributed by atoms with Crippen molar-refractivity contribution >= 4 is 17.6 Å². The largest absolute Gasteiger partial charge is 0.461 e. The molecular formula is C32H44N2O7. The number of hydrogen-bond acceptors (Lipinski definition) is 8. The molecule has 0 aromatic heterocycles. The van der Waals surface area contributed by atoms with Crippen molar-refractivity contribution in [1.29, 1.82) is 0 Å². The van der Waals surface area contributed by atoms with E-state index in [1.165, 1.54) is 6.92 Å².